The topological polar surface area (TPSA) is 73.9 Å². The standard InChI is InChI=1S/C18H15F4NO5/c1-10(27-17(25)11-3-8-15(26-2)14(19)9-11)16(24)23-12-4-6-13(7-5-12)28-18(20,21)22/h3-10H,1-2H3,(H,23,24)/t10-/m1/s1. The molecule has 0 heterocycles. The highest BCUT2D eigenvalue weighted by Gasteiger charge is 2.31. The number of amides is 1. The molecule has 6 nitrogen and oxygen atoms in total. The summed E-state index contributed by atoms with van der Waals surface area (Å²) in [7, 11) is 1.27. The molecule has 0 saturated heterocycles. The molecule has 1 N–H and O–H groups in total. The zero-order chi connectivity index (χ0) is 20.9. The summed E-state index contributed by atoms with van der Waals surface area (Å²) >= 11 is 0. The Morgan fingerprint density at radius 3 is 2.25 bits per heavy atom. The van der Waals surface area contributed by atoms with Gasteiger partial charge in [0.2, 0.25) is 0 Å². The van der Waals surface area contributed by atoms with E-state index >= 15 is 0 Å². The van der Waals surface area contributed by atoms with Crippen LogP contribution in [0.1, 0.15) is 17.3 Å². The molecule has 10 heteroatoms. The van der Waals surface area contributed by atoms with Crippen molar-refractivity contribution in [2.75, 3.05) is 12.4 Å². The van der Waals surface area contributed by atoms with Gasteiger partial charge in [-0.15, -0.1) is 13.2 Å². The van der Waals surface area contributed by atoms with Crippen LogP contribution in [0, 0.1) is 5.82 Å². The van der Waals surface area contributed by atoms with Crippen LogP contribution < -0.4 is 14.8 Å². The highest BCUT2D eigenvalue weighted by atomic mass is 19.4. The fourth-order valence-electron chi connectivity index (χ4n) is 2.06. The molecule has 2 rings (SSSR count). The van der Waals surface area contributed by atoms with Crippen LogP contribution in [-0.2, 0) is 9.53 Å². The number of benzene rings is 2. The maximum Gasteiger partial charge on any atom is 0.573 e. The SMILES string of the molecule is COc1ccc(C(=O)O[C@H](C)C(=O)Nc2ccc(OC(F)(F)F)cc2)cc1F. The molecule has 0 radical (unpaired) electrons. The quantitative estimate of drug-likeness (QED) is 0.587. The summed E-state index contributed by atoms with van der Waals surface area (Å²) in [5.74, 6) is -2.94. The van der Waals surface area contributed by atoms with Gasteiger partial charge >= 0.3 is 12.3 Å². The summed E-state index contributed by atoms with van der Waals surface area (Å²) in [6.45, 7) is 1.29. The summed E-state index contributed by atoms with van der Waals surface area (Å²) in [5, 5.41) is 2.37. The average Bonchev–Trinajstić information content (AvgIpc) is 2.61. The van der Waals surface area contributed by atoms with Crippen LogP contribution in [0.5, 0.6) is 11.5 Å². The summed E-state index contributed by atoms with van der Waals surface area (Å²) in [6, 6.07) is 7.82. The number of esters is 1. The molecule has 0 saturated carbocycles. The summed E-state index contributed by atoms with van der Waals surface area (Å²) in [6.07, 6.45) is -6.07. The third kappa shape index (κ3) is 5.86. The highest BCUT2D eigenvalue weighted by molar-refractivity contribution is 5.97. The first-order chi connectivity index (χ1) is 13.1. The predicted octanol–water partition coefficient (Wildman–Crippen LogP) is 3.92. The van der Waals surface area contributed by atoms with Crippen molar-refractivity contribution in [3.8, 4) is 11.5 Å². The molecule has 0 unspecified atom stereocenters. The smallest absolute Gasteiger partial charge is 0.494 e. The van der Waals surface area contributed by atoms with Crippen molar-refractivity contribution in [2.45, 2.75) is 19.4 Å². The van der Waals surface area contributed by atoms with Crippen LogP contribution >= 0.6 is 0 Å². The predicted molar refractivity (Wildman–Crippen MR) is 89.6 cm³/mol. The largest absolute Gasteiger partial charge is 0.573 e. The third-order valence-corrected chi connectivity index (χ3v) is 3.40. The molecule has 0 aliphatic heterocycles. The fourth-order valence-corrected chi connectivity index (χ4v) is 2.06. The number of hydrogen-bond donors (Lipinski definition) is 1. The van der Waals surface area contributed by atoms with Gasteiger partial charge in [0, 0.05) is 5.69 Å². The van der Waals surface area contributed by atoms with Crippen LogP contribution in [0.3, 0.4) is 0 Å². The van der Waals surface area contributed by atoms with E-state index in [-0.39, 0.29) is 17.0 Å². The monoisotopic (exact) mass is 401 g/mol. The molecule has 1 amide bonds. The Hall–Kier alpha value is -3.30. The zero-order valence-electron chi connectivity index (χ0n) is 14.7. The maximum atomic E-state index is 13.6. The lowest BCUT2D eigenvalue weighted by Gasteiger charge is -2.14. The van der Waals surface area contributed by atoms with Crippen molar-refractivity contribution in [1.82, 2.24) is 0 Å². The van der Waals surface area contributed by atoms with Gasteiger partial charge in [-0.05, 0) is 49.4 Å². The molecular weight excluding hydrogens is 386 g/mol. The first-order valence-electron chi connectivity index (χ1n) is 7.80. The average molecular weight is 401 g/mol. The van der Waals surface area contributed by atoms with E-state index < -0.39 is 35.9 Å². The van der Waals surface area contributed by atoms with Crippen LogP contribution in [-0.4, -0.2) is 31.5 Å². The molecule has 2 aromatic carbocycles. The second-order valence-electron chi connectivity index (χ2n) is 5.46. The Balaban J connectivity index is 1.95. The van der Waals surface area contributed by atoms with Gasteiger partial charge in [-0.1, -0.05) is 0 Å². The van der Waals surface area contributed by atoms with Crippen molar-refractivity contribution in [2.24, 2.45) is 0 Å². The molecule has 0 aromatic heterocycles. The Bertz CT molecular complexity index is 852. The van der Waals surface area contributed by atoms with Crippen molar-refractivity contribution in [1.29, 1.82) is 0 Å². The molecule has 0 bridgehead atoms. The van der Waals surface area contributed by atoms with Crippen molar-refractivity contribution in [3.05, 3.63) is 53.8 Å². The lowest BCUT2D eigenvalue weighted by atomic mass is 10.2. The van der Waals surface area contributed by atoms with E-state index in [4.69, 9.17) is 9.47 Å². The maximum absolute atomic E-state index is 13.6. The van der Waals surface area contributed by atoms with E-state index in [9.17, 15) is 27.2 Å². The summed E-state index contributed by atoms with van der Waals surface area (Å²) in [4.78, 5) is 24.1. The second kappa shape index (κ2) is 8.59. The van der Waals surface area contributed by atoms with Crippen molar-refractivity contribution >= 4 is 17.6 Å². The number of alkyl halides is 3. The number of methoxy groups -OCH3 is 1. The van der Waals surface area contributed by atoms with Gasteiger partial charge in [0.15, 0.2) is 17.7 Å². The Labute approximate surface area is 157 Å². The van der Waals surface area contributed by atoms with Crippen molar-refractivity contribution < 1.29 is 41.4 Å². The number of nitrogens with one attached hydrogen (secondary N) is 1. The number of ether oxygens (including phenoxy) is 3. The molecule has 0 aliphatic rings. The van der Waals surface area contributed by atoms with Gasteiger partial charge in [-0.25, -0.2) is 9.18 Å². The lowest BCUT2D eigenvalue weighted by molar-refractivity contribution is -0.274. The third-order valence-electron chi connectivity index (χ3n) is 3.40. The minimum atomic E-state index is -4.82. The molecule has 28 heavy (non-hydrogen) atoms. The lowest BCUT2D eigenvalue weighted by Crippen LogP contribution is -2.30. The van der Waals surface area contributed by atoms with Gasteiger partial charge in [0.1, 0.15) is 5.75 Å². The fraction of sp³-hybridized carbons (Fsp3) is 0.222. The Morgan fingerprint density at radius 2 is 1.71 bits per heavy atom. The number of carbonyl (C=O) groups is 2. The molecular formula is C18H15F4NO5. The normalized spacial score (nSPS) is 12.1. The Morgan fingerprint density at radius 1 is 1.07 bits per heavy atom. The van der Waals surface area contributed by atoms with Crippen LogP contribution in [0.25, 0.3) is 0 Å². The van der Waals surface area contributed by atoms with E-state index in [1.807, 2.05) is 0 Å². The number of anilines is 1. The molecule has 0 fully saturated rings. The Kier molecular flexibility index (Phi) is 6.45. The number of carbonyl (C=O) groups excluding carboxylic acids is 2. The van der Waals surface area contributed by atoms with E-state index in [0.717, 1.165) is 18.2 Å². The first kappa shape index (κ1) is 21.0. The van der Waals surface area contributed by atoms with Gasteiger partial charge in [-0.2, -0.15) is 0 Å². The van der Waals surface area contributed by atoms with Crippen molar-refractivity contribution in [3.63, 3.8) is 0 Å². The van der Waals surface area contributed by atoms with E-state index in [2.05, 4.69) is 10.1 Å². The molecule has 0 aliphatic carbocycles. The molecule has 1 atom stereocenters. The number of rotatable bonds is 6. The second-order valence-corrected chi connectivity index (χ2v) is 5.46. The molecule has 2 aromatic rings. The van der Waals surface area contributed by atoms with Gasteiger partial charge < -0.3 is 19.5 Å². The van der Waals surface area contributed by atoms with Gasteiger partial charge in [-0.3, -0.25) is 4.79 Å². The van der Waals surface area contributed by atoms with E-state index in [0.29, 0.717) is 0 Å². The summed E-state index contributed by atoms with van der Waals surface area (Å²) in [5.41, 5.74) is 0.0458. The zero-order valence-corrected chi connectivity index (χ0v) is 14.7. The number of halogens is 4. The minimum Gasteiger partial charge on any atom is -0.494 e. The van der Waals surface area contributed by atoms with Crippen LogP contribution in [0.15, 0.2) is 42.5 Å². The number of hydrogen-bond acceptors (Lipinski definition) is 5. The molecule has 150 valence electrons. The summed E-state index contributed by atoms with van der Waals surface area (Å²) < 4.78 is 63.4. The molecule has 0 spiro atoms. The van der Waals surface area contributed by atoms with E-state index in [1.165, 1.54) is 38.3 Å². The first-order valence-corrected chi connectivity index (χ1v) is 7.80. The van der Waals surface area contributed by atoms with Gasteiger partial charge in [0.05, 0.1) is 12.7 Å². The van der Waals surface area contributed by atoms with Crippen LogP contribution in [0.2, 0.25) is 0 Å². The minimum absolute atomic E-state index is 0.0553. The van der Waals surface area contributed by atoms with E-state index in [1.54, 1.807) is 0 Å². The highest BCUT2D eigenvalue weighted by Crippen LogP contribution is 2.24. The van der Waals surface area contributed by atoms with Crippen LogP contribution in [0.4, 0.5) is 23.2 Å². The van der Waals surface area contributed by atoms with Gasteiger partial charge in [0.25, 0.3) is 5.91 Å².